The maximum Gasteiger partial charge on any atom is 0.251 e. The third-order valence-electron chi connectivity index (χ3n) is 4.82. The zero-order valence-corrected chi connectivity index (χ0v) is 17.1. The summed E-state index contributed by atoms with van der Waals surface area (Å²) < 4.78 is 0. The SMILES string of the molecule is CC(C)n1nnc(-c2ccc(C(=O)NC3CC(C)(C)NC(C)(C)C3)cc2)n1. The second-order valence-electron chi connectivity index (χ2n) is 9.08. The minimum atomic E-state index is -0.0427. The fraction of sp³-hybridized carbons (Fsp3) is 0.600. The van der Waals surface area contributed by atoms with Crippen LogP contribution in [0.3, 0.4) is 0 Å². The number of carbonyl (C=O) groups excluding carboxylic acids is 1. The molecule has 146 valence electrons. The first-order valence-electron chi connectivity index (χ1n) is 9.55. The third kappa shape index (κ3) is 4.71. The number of piperidine rings is 1. The minimum Gasteiger partial charge on any atom is -0.349 e. The van der Waals surface area contributed by atoms with Gasteiger partial charge in [0.2, 0.25) is 5.82 Å². The molecule has 0 bridgehead atoms. The number of nitrogens with zero attached hydrogens (tertiary/aromatic N) is 4. The summed E-state index contributed by atoms with van der Waals surface area (Å²) in [7, 11) is 0. The van der Waals surface area contributed by atoms with E-state index in [1.165, 1.54) is 0 Å². The van der Waals surface area contributed by atoms with Crippen LogP contribution >= 0.6 is 0 Å². The molecule has 0 unspecified atom stereocenters. The van der Waals surface area contributed by atoms with Gasteiger partial charge in [0.15, 0.2) is 0 Å². The van der Waals surface area contributed by atoms with Gasteiger partial charge in [0.05, 0.1) is 6.04 Å². The van der Waals surface area contributed by atoms with Gasteiger partial charge in [0.25, 0.3) is 5.91 Å². The van der Waals surface area contributed by atoms with Crippen LogP contribution in [0.25, 0.3) is 11.4 Å². The maximum atomic E-state index is 12.7. The highest BCUT2D eigenvalue weighted by Crippen LogP contribution is 2.28. The Kier molecular flexibility index (Phi) is 5.08. The molecule has 0 aliphatic carbocycles. The van der Waals surface area contributed by atoms with Gasteiger partial charge in [-0.3, -0.25) is 4.79 Å². The molecular formula is C20H30N6O. The van der Waals surface area contributed by atoms with Gasteiger partial charge in [0.1, 0.15) is 0 Å². The Hall–Kier alpha value is -2.28. The van der Waals surface area contributed by atoms with E-state index in [1.54, 1.807) is 4.80 Å². The van der Waals surface area contributed by atoms with Crippen LogP contribution in [-0.4, -0.2) is 43.2 Å². The molecule has 1 aromatic heterocycles. The van der Waals surface area contributed by atoms with E-state index >= 15 is 0 Å². The van der Waals surface area contributed by atoms with Gasteiger partial charge in [-0.05, 0) is 71.7 Å². The van der Waals surface area contributed by atoms with Crippen molar-refractivity contribution in [1.82, 2.24) is 30.8 Å². The van der Waals surface area contributed by atoms with Crippen molar-refractivity contribution in [2.24, 2.45) is 0 Å². The van der Waals surface area contributed by atoms with Crippen molar-refractivity contribution < 1.29 is 4.79 Å². The first kappa shape index (κ1) is 19.5. The van der Waals surface area contributed by atoms with E-state index in [0.717, 1.165) is 18.4 Å². The fourth-order valence-electron chi connectivity index (χ4n) is 4.02. The van der Waals surface area contributed by atoms with Crippen LogP contribution in [0.5, 0.6) is 0 Å². The highest BCUT2D eigenvalue weighted by atomic mass is 16.1. The third-order valence-corrected chi connectivity index (χ3v) is 4.82. The lowest BCUT2D eigenvalue weighted by atomic mass is 9.79. The number of tetrazole rings is 1. The number of rotatable bonds is 4. The van der Waals surface area contributed by atoms with Gasteiger partial charge in [-0.2, -0.15) is 4.80 Å². The summed E-state index contributed by atoms with van der Waals surface area (Å²) in [6.07, 6.45) is 1.81. The van der Waals surface area contributed by atoms with Gasteiger partial charge in [-0.25, -0.2) is 0 Å². The molecule has 1 aliphatic heterocycles. The van der Waals surface area contributed by atoms with Gasteiger partial charge in [-0.15, -0.1) is 10.2 Å². The topological polar surface area (TPSA) is 84.7 Å². The van der Waals surface area contributed by atoms with Crippen LogP contribution in [0, 0.1) is 0 Å². The number of carbonyl (C=O) groups is 1. The summed E-state index contributed by atoms with van der Waals surface area (Å²) >= 11 is 0. The van der Waals surface area contributed by atoms with Crippen LogP contribution < -0.4 is 10.6 Å². The maximum absolute atomic E-state index is 12.7. The van der Waals surface area contributed by atoms with E-state index < -0.39 is 0 Å². The van der Waals surface area contributed by atoms with Gasteiger partial charge in [0, 0.05) is 28.2 Å². The van der Waals surface area contributed by atoms with Crippen LogP contribution in [0.15, 0.2) is 24.3 Å². The zero-order chi connectivity index (χ0) is 19.8. The molecule has 7 heteroatoms. The van der Waals surface area contributed by atoms with Crippen molar-refractivity contribution in [3.8, 4) is 11.4 Å². The largest absolute Gasteiger partial charge is 0.349 e. The van der Waals surface area contributed by atoms with E-state index in [-0.39, 0.29) is 29.1 Å². The number of aromatic nitrogens is 4. The van der Waals surface area contributed by atoms with E-state index in [4.69, 9.17) is 0 Å². The lowest BCUT2D eigenvalue weighted by Crippen LogP contribution is -2.62. The summed E-state index contributed by atoms with van der Waals surface area (Å²) in [5.74, 6) is 0.524. The molecule has 1 saturated heterocycles. The second kappa shape index (κ2) is 7.03. The first-order valence-corrected chi connectivity index (χ1v) is 9.55. The fourth-order valence-corrected chi connectivity index (χ4v) is 4.02. The second-order valence-corrected chi connectivity index (χ2v) is 9.08. The van der Waals surface area contributed by atoms with E-state index in [9.17, 15) is 4.79 Å². The van der Waals surface area contributed by atoms with Gasteiger partial charge < -0.3 is 10.6 Å². The molecule has 1 aliphatic rings. The molecule has 2 N–H and O–H groups in total. The molecule has 0 spiro atoms. The van der Waals surface area contributed by atoms with Crippen molar-refractivity contribution >= 4 is 5.91 Å². The highest BCUT2D eigenvalue weighted by molar-refractivity contribution is 5.94. The van der Waals surface area contributed by atoms with E-state index in [2.05, 4.69) is 53.7 Å². The van der Waals surface area contributed by atoms with E-state index in [0.29, 0.717) is 11.4 Å². The molecule has 0 saturated carbocycles. The number of hydrogen-bond acceptors (Lipinski definition) is 5. The Morgan fingerprint density at radius 3 is 2.26 bits per heavy atom. The van der Waals surface area contributed by atoms with E-state index in [1.807, 2.05) is 38.1 Å². The van der Waals surface area contributed by atoms with Crippen molar-refractivity contribution in [3.63, 3.8) is 0 Å². The molecule has 2 heterocycles. The zero-order valence-electron chi connectivity index (χ0n) is 17.1. The summed E-state index contributed by atoms with van der Waals surface area (Å²) in [6, 6.07) is 7.68. The van der Waals surface area contributed by atoms with Crippen molar-refractivity contribution in [3.05, 3.63) is 29.8 Å². The number of benzene rings is 1. The Morgan fingerprint density at radius 1 is 1.15 bits per heavy atom. The quantitative estimate of drug-likeness (QED) is 0.864. The molecule has 2 aromatic rings. The number of amides is 1. The molecule has 0 radical (unpaired) electrons. The average Bonchev–Trinajstić information content (AvgIpc) is 3.02. The molecule has 1 aromatic carbocycles. The number of nitrogens with one attached hydrogen (secondary N) is 2. The van der Waals surface area contributed by atoms with Gasteiger partial charge >= 0.3 is 0 Å². The predicted molar refractivity (Wildman–Crippen MR) is 105 cm³/mol. The number of hydrogen-bond donors (Lipinski definition) is 2. The van der Waals surface area contributed by atoms with Crippen molar-refractivity contribution in [2.45, 2.75) is 77.5 Å². The molecule has 3 rings (SSSR count). The molecule has 1 amide bonds. The predicted octanol–water partition coefficient (Wildman–Crippen LogP) is 2.96. The summed E-state index contributed by atoms with van der Waals surface area (Å²) in [5.41, 5.74) is 1.49. The minimum absolute atomic E-state index is 0.00252. The van der Waals surface area contributed by atoms with Crippen LogP contribution in [0.1, 0.15) is 70.8 Å². The summed E-state index contributed by atoms with van der Waals surface area (Å²) in [4.78, 5) is 14.3. The van der Waals surface area contributed by atoms with Crippen molar-refractivity contribution in [2.75, 3.05) is 0 Å². The Balaban J connectivity index is 1.68. The standard InChI is InChI=1S/C20H30N6O/c1-13(2)26-23-17(22-25-26)14-7-9-15(10-8-14)18(27)21-16-11-19(3,4)24-20(5,6)12-16/h7-10,13,16,24H,11-12H2,1-6H3,(H,21,27). The monoisotopic (exact) mass is 370 g/mol. The lowest BCUT2D eigenvalue weighted by molar-refractivity contribution is 0.0873. The smallest absolute Gasteiger partial charge is 0.251 e. The average molecular weight is 371 g/mol. The normalized spacial score (nSPS) is 19.2. The molecule has 0 atom stereocenters. The first-order chi connectivity index (χ1) is 12.5. The van der Waals surface area contributed by atoms with Gasteiger partial charge in [-0.1, -0.05) is 12.1 Å². The Labute approximate surface area is 160 Å². The van der Waals surface area contributed by atoms with Crippen molar-refractivity contribution in [1.29, 1.82) is 0 Å². The van der Waals surface area contributed by atoms with Crippen LogP contribution in [-0.2, 0) is 0 Å². The summed E-state index contributed by atoms with van der Waals surface area (Å²) in [6.45, 7) is 12.7. The van der Waals surface area contributed by atoms with Crippen LogP contribution in [0.4, 0.5) is 0 Å². The summed E-state index contributed by atoms with van der Waals surface area (Å²) in [5, 5.41) is 19.3. The molecule has 1 fully saturated rings. The highest BCUT2D eigenvalue weighted by Gasteiger charge is 2.38. The Bertz CT molecular complexity index is 790. The molecule has 7 nitrogen and oxygen atoms in total. The molecular weight excluding hydrogens is 340 g/mol. The van der Waals surface area contributed by atoms with Crippen LogP contribution in [0.2, 0.25) is 0 Å². The lowest BCUT2D eigenvalue weighted by Gasteiger charge is -2.46. The molecule has 27 heavy (non-hydrogen) atoms. The Morgan fingerprint density at radius 2 is 1.74 bits per heavy atom.